The summed E-state index contributed by atoms with van der Waals surface area (Å²) in [5.74, 6) is -0.144. The van der Waals surface area contributed by atoms with Crippen LogP contribution >= 0.6 is 11.3 Å². The molecule has 0 bridgehead atoms. The summed E-state index contributed by atoms with van der Waals surface area (Å²) in [6.07, 6.45) is 3.19. The van der Waals surface area contributed by atoms with Gasteiger partial charge in [0.05, 0.1) is 5.69 Å². The highest BCUT2D eigenvalue weighted by atomic mass is 32.1. The second-order valence-corrected chi connectivity index (χ2v) is 4.98. The van der Waals surface area contributed by atoms with Gasteiger partial charge in [0.25, 0.3) is 5.95 Å². The van der Waals surface area contributed by atoms with Crippen molar-refractivity contribution < 1.29 is 9.63 Å². The molecule has 0 radical (unpaired) electrons. The summed E-state index contributed by atoms with van der Waals surface area (Å²) < 4.78 is 0. The average molecular weight is 297 g/mol. The molecule has 0 spiro atoms. The normalized spacial score (nSPS) is 10.1. The van der Waals surface area contributed by atoms with Gasteiger partial charge in [-0.3, -0.25) is 0 Å². The summed E-state index contributed by atoms with van der Waals surface area (Å²) in [6, 6.07) is 14.4. The van der Waals surface area contributed by atoms with Gasteiger partial charge >= 0.3 is 5.97 Å². The Balaban J connectivity index is 1.92. The van der Waals surface area contributed by atoms with Gasteiger partial charge in [-0.05, 0) is 29.6 Å². The van der Waals surface area contributed by atoms with E-state index in [1.807, 2.05) is 35.7 Å². The molecule has 6 heteroatoms. The molecule has 2 heterocycles. The van der Waals surface area contributed by atoms with Crippen LogP contribution < -0.4 is 5.06 Å². The molecule has 0 aliphatic rings. The van der Waals surface area contributed by atoms with Gasteiger partial charge in [-0.25, -0.2) is 14.8 Å². The number of aromatic nitrogens is 2. The Bertz CT molecular complexity index is 663. The van der Waals surface area contributed by atoms with Crippen LogP contribution in [0.2, 0.25) is 0 Å². The molecule has 1 aromatic carbocycles. The lowest BCUT2D eigenvalue weighted by molar-refractivity contribution is 0.0504. The summed E-state index contributed by atoms with van der Waals surface area (Å²) in [7, 11) is 0. The standard InChI is InChI=1S/C15H11N3O2S/c19-14(13-8-4-11-21-13)20-18(12-6-2-1-3-7-12)15-16-9-5-10-17-15/h1-11H. The van der Waals surface area contributed by atoms with Crippen LogP contribution in [0, 0.1) is 0 Å². The maximum atomic E-state index is 12.2. The molecule has 0 atom stereocenters. The van der Waals surface area contributed by atoms with E-state index in [-0.39, 0.29) is 0 Å². The third kappa shape index (κ3) is 3.06. The van der Waals surface area contributed by atoms with Gasteiger partial charge < -0.3 is 4.84 Å². The Kier molecular flexibility index (Phi) is 3.88. The third-order valence-electron chi connectivity index (χ3n) is 2.62. The largest absolute Gasteiger partial charge is 0.373 e. The number of carbonyl (C=O) groups excluding carboxylic acids is 1. The molecule has 2 aromatic heterocycles. The molecule has 21 heavy (non-hydrogen) atoms. The zero-order valence-electron chi connectivity index (χ0n) is 10.9. The van der Waals surface area contributed by atoms with E-state index in [1.165, 1.54) is 16.4 Å². The molecule has 0 saturated carbocycles. The molecule has 0 aliphatic carbocycles. The third-order valence-corrected chi connectivity index (χ3v) is 3.47. The Hall–Kier alpha value is -2.73. The average Bonchev–Trinajstić information content (AvgIpc) is 3.09. The fourth-order valence-corrected chi connectivity index (χ4v) is 2.29. The fourth-order valence-electron chi connectivity index (χ4n) is 1.69. The summed E-state index contributed by atoms with van der Waals surface area (Å²) in [4.78, 5) is 26.4. The van der Waals surface area contributed by atoms with Gasteiger partial charge in [0.15, 0.2) is 0 Å². The molecule has 0 aliphatic heterocycles. The van der Waals surface area contributed by atoms with E-state index in [9.17, 15) is 4.79 Å². The highest BCUT2D eigenvalue weighted by molar-refractivity contribution is 7.11. The maximum absolute atomic E-state index is 12.2. The number of hydrogen-bond acceptors (Lipinski definition) is 6. The van der Waals surface area contributed by atoms with Crippen LogP contribution in [0.15, 0.2) is 66.3 Å². The molecule has 0 unspecified atom stereocenters. The van der Waals surface area contributed by atoms with Crippen LogP contribution in [0.3, 0.4) is 0 Å². The van der Waals surface area contributed by atoms with Crippen LogP contribution in [0.4, 0.5) is 11.6 Å². The van der Waals surface area contributed by atoms with Crippen LogP contribution in [-0.4, -0.2) is 15.9 Å². The monoisotopic (exact) mass is 297 g/mol. The molecule has 3 rings (SSSR count). The van der Waals surface area contributed by atoms with Crippen LogP contribution in [0.25, 0.3) is 0 Å². The minimum Gasteiger partial charge on any atom is -0.327 e. The molecule has 104 valence electrons. The Morgan fingerprint density at radius 1 is 1.00 bits per heavy atom. The molecule has 5 nitrogen and oxygen atoms in total. The molecule has 0 fully saturated rings. The fraction of sp³-hybridized carbons (Fsp3) is 0. The number of anilines is 2. The van der Waals surface area contributed by atoms with E-state index >= 15 is 0 Å². The van der Waals surface area contributed by atoms with E-state index in [0.717, 1.165) is 0 Å². The molecule has 0 N–H and O–H groups in total. The highest BCUT2D eigenvalue weighted by Gasteiger charge is 2.19. The van der Waals surface area contributed by atoms with Gasteiger partial charge in [0, 0.05) is 12.4 Å². The van der Waals surface area contributed by atoms with Crippen LogP contribution in [0.1, 0.15) is 9.67 Å². The summed E-state index contributed by atoms with van der Waals surface area (Å²) >= 11 is 1.32. The van der Waals surface area contributed by atoms with Gasteiger partial charge in [-0.2, -0.15) is 0 Å². The predicted octanol–water partition coefficient (Wildman–Crippen LogP) is 3.45. The van der Waals surface area contributed by atoms with Crippen molar-refractivity contribution in [2.45, 2.75) is 0 Å². The smallest absolute Gasteiger partial charge is 0.327 e. The minimum atomic E-state index is -0.443. The van der Waals surface area contributed by atoms with Crippen molar-refractivity contribution >= 4 is 28.9 Å². The lowest BCUT2D eigenvalue weighted by Gasteiger charge is -2.20. The van der Waals surface area contributed by atoms with E-state index in [4.69, 9.17) is 4.84 Å². The number of carbonyl (C=O) groups is 1. The van der Waals surface area contributed by atoms with Gasteiger partial charge in [-0.1, -0.05) is 24.3 Å². The van der Waals surface area contributed by atoms with Crippen molar-refractivity contribution in [1.82, 2.24) is 9.97 Å². The Labute approximate surface area is 125 Å². The van der Waals surface area contributed by atoms with Crippen LogP contribution in [-0.2, 0) is 4.84 Å². The quantitative estimate of drug-likeness (QED) is 0.690. The van der Waals surface area contributed by atoms with E-state index in [2.05, 4.69) is 9.97 Å². The summed E-state index contributed by atoms with van der Waals surface area (Å²) in [5, 5.41) is 3.14. The highest BCUT2D eigenvalue weighted by Crippen LogP contribution is 2.23. The topological polar surface area (TPSA) is 55.3 Å². The van der Waals surface area contributed by atoms with Crippen LogP contribution in [0.5, 0.6) is 0 Å². The van der Waals surface area contributed by atoms with Crippen molar-refractivity contribution in [2.75, 3.05) is 5.06 Å². The Morgan fingerprint density at radius 3 is 2.43 bits per heavy atom. The zero-order chi connectivity index (χ0) is 14.5. The second kappa shape index (κ2) is 6.15. The molecule has 0 saturated heterocycles. The van der Waals surface area contributed by atoms with Crippen molar-refractivity contribution in [3.05, 3.63) is 71.2 Å². The SMILES string of the molecule is O=C(ON(c1ccccc1)c1ncccn1)c1cccs1. The van der Waals surface area contributed by atoms with E-state index < -0.39 is 5.97 Å². The molecule has 0 amide bonds. The summed E-state index contributed by atoms with van der Waals surface area (Å²) in [6.45, 7) is 0. The number of para-hydroxylation sites is 1. The van der Waals surface area contributed by atoms with Crippen molar-refractivity contribution in [1.29, 1.82) is 0 Å². The number of nitrogens with zero attached hydrogens (tertiary/aromatic N) is 3. The Morgan fingerprint density at radius 2 is 1.76 bits per heavy atom. The van der Waals surface area contributed by atoms with Gasteiger partial charge in [0.1, 0.15) is 4.88 Å². The first-order valence-electron chi connectivity index (χ1n) is 6.22. The minimum absolute atomic E-state index is 0.300. The van der Waals surface area contributed by atoms with Crippen molar-refractivity contribution in [3.8, 4) is 0 Å². The van der Waals surface area contributed by atoms with Crippen molar-refractivity contribution in [2.24, 2.45) is 0 Å². The molecular weight excluding hydrogens is 286 g/mol. The first-order valence-corrected chi connectivity index (χ1v) is 7.10. The number of rotatable bonds is 4. The van der Waals surface area contributed by atoms with E-state index in [1.54, 1.807) is 30.6 Å². The predicted molar refractivity (Wildman–Crippen MR) is 80.3 cm³/mol. The van der Waals surface area contributed by atoms with Crippen molar-refractivity contribution in [3.63, 3.8) is 0 Å². The number of hydrogen-bond donors (Lipinski definition) is 0. The van der Waals surface area contributed by atoms with Gasteiger partial charge in [-0.15, -0.1) is 16.4 Å². The number of benzene rings is 1. The molecular formula is C15H11N3O2S. The zero-order valence-corrected chi connectivity index (χ0v) is 11.7. The lowest BCUT2D eigenvalue weighted by atomic mass is 10.3. The first kappa shape index (κ1) is 13.3. The first-order chi connectivity index (χ1) is 10.3. The van der Waals surface area contributed by atoms with E-state index in [0.29, 0.717) is 16.5 Å². The summed E-state index contributed by atoms with van der Waals surface area (Å²) in [5.41, 5.74) is 0.675. The lowest BCUT2D eigenvalue weighted by Crippen LogP contribution is -2.23. The number of thiophene rings is 1. The molecule has 3 aromatic rings. The second-order valence-electron chi connectivity index (χ2n) is 4.03. The maximum Gasteiger partial charge on any atom is 0.373 e. The van der Waals surface area contributed by atoms with Gasteiger partial charge in [0.2, 0.25) is 0 Å².